The quantitative estimate of drug-likeness (QED) is 0.608. The summed E-state index contributed by atoms with van der Waals surface area (Å²) >= 11 is 11.8. The van der Waals surface area contributed by atoms with E-state index < -0.39 is 5.41 Å². The Hall–Kier alpha value is -0.730. The minimum Gasteiger partial charge on any atom is -0.497 e. The SMILES string of the molecule is COc1ccc(C(=O)C(C)(C)CCl)c(Cl)c1. The molecule has 0 N–H and O–H groups in total. The second kappa shape index (κ2) is 5.07. The number of carbonyl (C=O) groups excluding carboxylic acids is 1. The summed E-state index contributed by atoms with van der Waals surface area (Å²) in [6, 6.07) is 5.00. The van der Waals surface area contributed by atoms with E-state index in [1.54, 1.807) is 39.2 Å². The van der Waals surface area contributed by atoms with Crippen LogP contribution in [0.4, 0.5) is 0 Å². The van der Waals surface area contributed by atoms with Gasteiger partial charge in [0.2, 0.25) is 0 Å². The summed E-state index contributed by atoms with van der Waals surface area (Å²) in [5.41, 5.74) is -0.132. The molecule has 0 amide bonds. The lowest BCUT2D eigenvalue weighted by molar-refractivity contribution is 0.0862. The number of Topliss-reactive ketones (excluding diaryl/α,β-unsaturated/α-hetero) is 1. The number of carbonyl (C=O) groups is 1. The molecule has 0 spiro atoms. The normalized spacial score (nSPS) is 11.3. The molecule has 0 unspecified atom stereocenters. The zero-order chi connectivity index (χ0) is 12.3. The van der Waals surface area contributed by atoms with Gasteiger partial charge in [-0.2, -0.15) is 0 Å². The molecule has 0 aliphatic rings. The fourth-order valence-corrected chi connectivity index (χ4v) is 1.61. The van der Waals surface area contributed by atoms with Gasteiger partial charge in [0.25, 0.3) is 0 Å². The largest absolute Gasteiger partial charge is 0.497 e. The van der Waals surface area contributed by atoms with Crippen LogP contribution in [0.1, 0.15) is 24.2 Å². The highest BCUT2D eigenvalue weighted by Gasteiger charge is 2.29. The van der Waals surface area contributed by atoms with Crippen LogP contribution in [0.2, 0.25) is 5.02 Å². The monoisotopic (exact) mass is 260 g/mol. The first-order valence-electron chi connectivity index (χ1n) is 4.86. The molecule has 88 valence electrons. The summed E-state index contributed by atoms with van der Waals surface area (Å²) in [5.74, 6) is 0.828. The molecule has 16 heavy (non-hydrogen) atoms. The molecule has 0 radical (unpaired) electrons. The number of hydrogen-bond acceptors (Lipinski definition) is 2. The minimum atomic E-state index is -0.611. The Kier molecular flexibility index (Phi) is 4.22. The lowest BCUT2D eigenvalue weighted by Gasteiger charge is -2.20. The number of rotatable bonds is 4. The zero-order valence-electron chi connectivity index (χ0n) is 9.51. The first-order valence-corrected chi connectivity index (χ1v) is 5.78. The molecule has 2 nitrogen and oxygen atoms in total. The fraction of sp³-hybridized carbons (Fsp3) is 0.417. The predicted octanol–water partition coefficient (Wildman–Crippen LogP) is 3.80. The van der Waals surface area contributed by atoms with Crippen molar-refractivity contribution in [3.8, 4) is 5.75 Å². The van der Waals surface area contributed by atoms with Crippen LogP contribution in [0.15, 0.2) is 18.2 Å². The van der Waals surface area contributed by atoms with Crippen LogP contribution in [0, 0.1) is 5.41 Å². The molecule has 0 aliphatic carbocycles. The van der Waals surface area contributed by atoms with E-state index in [0.717, 1.165) is 0 Å². The summed E-state index contributed by atoms with van der Waals surface area (Å²) < 4.78 is 5.02. The van der Waals surface area contributed by atoms with Gasteiger partial charge in [-0.15, -0.1) is 11.6 Å². The molecular weight excluding hydrogens is 247 g/mol. The minimum absolute atomic E-state index is 0.0600. The molecule has 1 aromatic rings. The second-order valence-electron chi connectivity index (χ2n) is 4.19. The van der Waals surface area contributed by atoms with Gasteiger partial charge in [-0.25, -0.2) is 0 Å². The van der Waals surface area contributed by atoms with Gasteiger partial charge in [0.1, 0.15) is 5.75 Å². The Bertz CT molecular complexity index is 400. The third-order valence-electron chi connectivity index (χ3n) is 2.37. The number of alkyl halides is 1. The van der Waals surface area contributed by atoms with Crippen LogP contribution in [-0.2, 0) is 0 Å². The van der Waals surface area contributed by atoms with Gasteiger partial charge >= 0.3 is 0 Å². The van der Waals surface area contributed by atoms with Crippen LogP contribution in [0.25, 0.3) is 0 Å². The van der Waals surface area contributed by atoms with Crippen molar-refractivity contribution in [2.45, 2.75) is 13.8 Å². The van der Waals surface area contributed by atoms with E-state index >= 15 is 0 Å². The van der Waals surface area contributed by atoms with Gasteiger partial charge in [-0.05, 0) is 18.2 Å². The molecule has 0 saturated heterocycles. The third-order valence-corrected chi connectivity index (χ3v) is 3.35. The first-order chi connectivity index (χ1) is 7.42. The Morgan fingerprint density at radius 3 is 2.50 bits per heavy atom. The third kappa shape index (κ3) is 2.69. The van der Waals surface area contributed by atoms with E-state index in [2.05, 4.69) is 0 Å². The predicted molar refractivity (Wildman–Crippen MR) is 66.8 cm³/mol. The smallest absolute Gasteiger partial charge is 0.171 e. The zero-order valence-corrected chi connectivity index (χ0v) is 11.0. The van der Waals surface area contributed by atoms with Crippen molar-refractivity contribution in [1.29, 1.82) is 0 Å². The second-order valence-corrected chi connectivity index (χ2v) is 4.87. The van der Waals surface area contributed by atoms with Crippen molar-refractivity contribution in [3.63, 3.8) is 0 Å². The molecule has 0 bridgehead atoms. The molecule has 0 aromatic heterocycles. The van der Waals surface area contributed by atoms with Crippen LogP contribution >= 0.6 is 23.2 Å². The number of methoxy groups -OCH3 is 1. The standard InChI is InChI=1S/C12H14Cl2O2/c1-12(2,7-13)11(15)9-5-4-8(16-3)6-10(9)14/h4-6H,7H2,1-3H3. The molecule has 1 aromatic carbocycles. The number of ether oxygens (including phenoxy) is 1. The molecule has 4 heteroatoms. The van der Waals surface area contributed by atoms with Gasteiger partial charge in [-0.3, -0.25) is 4.79 Å². The maximum Gasteiger partial charge on any atom is 0.171 e. The highest BCUT2D eigenvalue weighted by molar-refractivity contribution is 6.34. The average Bonchev–Trinajstić information content (AvgIpc) is 2.28. The highest BCUT2D eigenvalue weighted by Crippen LogP contribution is 2.29. The maximum absolute atomic E-state index is 12.1. The number of benzene rings is 1. The van der Waals surface area contributed by atoms with Crippen LogP contribution in [0.3, 0.4) is 0 Å². The van der Waals surface area contributed by atoms with E-state index in [4.69, 9.17) is 27.9 Å². The first kappa shape index (κ1) is 13.3. The van der Waals surface area contributed by atoms with Crippen LogP contribution in [-0.4, -0.2) is 18.8 Å². The van der Waals surface area contributed by atoms with Crippen LogP contribution in [0.5, 0.6) is 5.75 Å². The summed E-state index contributed by atoms with van der Waals surface area (Å²) in [5, 5.41) is 0.391. The van der Waals surface area contributed by atoms with Gasteiger partial charge in [0.05, 0.1) is 12.1 Å². The molecule has 0 atom stereocenters. The van der Waals surface area contributed by atoms with Gasteiger partial charge < -0.3 is 4.74 Å². The summed E-state index contributed by atoms with van der Waals surface area (Å²) in [7, 11) is 1.55. The Morgan fingerprint density at radius 2 is 2.06 bits per heavy atom. The lowest BCUT2D eigenvalue weighted by Crippen LogP contribution is -2.26. The molecular formula is C12H14Cl2O2. The highest BCUT2D eigenvalue weighted by atomic mass is 35.5. The van der Waals surface area contributed by atoms with Crippen molar-refractivity contribution >= 4 is 29.0 Å². The summed E-state index contributed by atoms with van der Waals surface area (Å²) in [6.45, 7) is 3.59. The van der Waals surface area contributed by atoms with Crippen molar-refractivity contribution in [2.24, 2.45) is 5.41 Å². The van der Waals surface area contributed by atoms with Gasteiger partial charge in [0, 0.05) is 16.9 Å². The summed E-state index contributed by atoms with van der Waals surface area (Å²) in [4.78, 5) is 12.1. The van der Waals surface area contributed by atoms with Crippen molar-refractivity contribution in [3.05, 3.63) is 28.8 Å². The van der Waals surface area contributed by atoms with Crippen molar-refractivity contribution in [1.82, 2.24) is 0 Å². The molecule has 0 heterocycles. The average molecular weight is 261 g/mol. The fourth-order valence-electron chi connectivity index (χ4n) is 1.23. The van der Waals surface area contributed by atoms with E-state index in [9.17, 15) is 4.79 Å². The van der Waals surface area contributed by atoms with E-state index in [-0.39, 0.29) is 11.7 Å². The number of halogens is 2. The van der Waals surface area contributed by atoms with Crippen molar-refractivity contribution in [2.75, 3.05) is 13.0 Å². The lowest BCUT2D eigenvalue weighted by atomic mass is 9.86. The molecule has 1 rings (SSSR count). The van der Waals surface area contributed by atoms with E-state index in [1.165, 1.54) is 0 Å². The topological polar surface area (TPSA) is 26.3 Å². The summed E-state index contributed by atoms with van der Waals surface area (Å²) in [6.07, 6.45) is 0. The molecule has 0 saturated carbocycles. The molecule has 0 fully saturated rings. The Morgan fingerprint density at radius 1 is 1.44 bits per heavy atom. The van der Waals surface area contributed by atoms with E-state index in [1.807, 2.05) is 0 Å². The van der Waals surface area contributed by atoms with Gasteiger partial charge in [0.15, 0.2) is 5.78 Å². The van der Waals surface area contributed by atoms with E-state index in [0.29, 0.717) is 16.3 Å². The number of ketones is 1. The maximum atomic E-state index is 12.1. The number of hydrogen-bond donors (Lipinski definition) is 0. The Balaban J connectivity index is 3.10. The van der Waals surface area contributed by atoms with Crippen LogP contribution < -0.4 is 4.74 Å². The Labute approximate surface area is 106 Å². The van der Waals surface area contributed by atoms with Crippen molar-refractivity contribution < 1.29 is 9.53 Å². The van der Waals surface area contributed by atoms with Gasteiger partial charge in [-0.1, -0.05) is 25.4 Å². The molecule has 0 aliphatic heterocycles.